The van der Waals surface area contributed by atoms with Crippen molar-refractivity contribution in [2.45, 2.75) is 22.8 Å². The van der Waals surface area contributed by atoms with Crippen LogP contribution in [0.2, 0.25) is 5.02 Å². The Hall–Kier alpha value is -1.41. The third-order valence-corrected chi connectivity index (χ3v) is 7.39. The van der Waals surface area contributed by atoms with Gasteiger partial charge in [0, 0.05) is 19.3 Å². The van der Waals surface area contributed by atoms with Gasteiger partial charge in [-0.25, -0.2) is 16.8 Å². The molecule has 0 aliphatic carbocycles. The predicted molar refractivity (Wildman–Crippen MR) is 94.4 cm³/mol. The molecule has 24 heavy (non-hydrogen) atoms. The summed E-state index contributed by atoms with van der Waals surface area (Å²) in [5, 5.41) is 0.156. The average molecular weight is 388 g/mol. The second-order valence-electron chi connectivity index (χ2n) is 5.47. The molecule has 0 spiro atoms. The summed E-state index contributed by atoms with van der Waals surface area (Å²) in [7, 11) is -5.60. The van der Waals surface area contributed by atoms with Crippen LogP contribution in [0.4, 0.5) is 0 Å². The minimum atomic E-state index is -3.77. The molecule has 5 nitrogen and oxygen atoms in total. The lowest BCUT2D eigenvalue weighted by Gasteiger charge is -2.25. The van der Waals surface area contributed by atoms with Crippen LogP contribution in [0.5, 0.6) is 0 Å². The van der Waals surface area contributed by atoms with Crippen molar-refractivity contribution < 1.29 is 16.8 Å². The van der Waals surface area contributed by atoms with E-state index in [1.807, 2.05) is 0 Å². The van der Waals surface area contributed by atoms with Crippen LogP contribution in [0.3, 0.4) is 0 Å². The Bertz CT molecular complexity index is 938. The van der Waals surface area contributed by atoms with Crippen molar-refractivity contribution in [1.82, 2.24) is 4.31 Å². The van der Waals surface area contributed by atoms with Crippen molar-refractivity contribution in [2.75, 3.05) is 13.3 Å². The van der Waals surface area contributed by atoms with E-state index in [9.17, 15) is 16.8 Å². The van der Waals surface area contributed by atoms with E-state index in [1.54, 1.807) is 31.2 Å². The van der Waals surface area contributed by atoms with Gasteiger partial charge in [-0.3, -0.25) is 0 Å². The molecule has 0 aliphatic rings. The van der Waals surface area contributed by atoms with Crippen LogP contribution in [0, 0.1) is 0 Å². The lowest BCUT2D eigenvalue weighted by Crippen LogP contribution is -2.30. The third kappa shape index (κ3) is 3.80. The maximum absolute atomic E-state index is 12.7. The first-order valence-electron chi connectivity index (χ1n) is 7.07. The molecule has 0 heterocycles. The number of halogens is 1. The summed E-state index contributed by atoms with van der Waals surface area (Å²) in [6.45, 7) is 1.73. The molecule has 0 aliphatic heterocycles. The third-order valence-electron chi connectivity index (χ3n) is 3.83. The summed E-state index contributed by atoms with van der Waals surface area (Å²) in [5.41, 5.74) is 0.681. The van der Waals surface area contributed by atoms with E-state index < -0.39 is 25.9 Å². The van der Waals surface area contributed by atoms with Crippen molar-refractivity contribution in [3.63, 3.8) is 0 Å². The molecule has 2 aromatic rings. The molecule has 0 radical (unpaired) electrons. The molecule has 2 aromatic carbocycles. The monoisotopic (exact) mass is 387 g/mol. The van der Waals surface area contributed by atoms with Crippen LogP contribution in [-0.2, 0) is 19.9 Å². The first kappa shape index (κ1) is 18.9. The number of benzene rings is 2. The fraction of sp³-hybridized carbons (Fsp3) is 0.250. The minimum Gasteiger partial charge on any atom is -0.224 e. The second kappa shape index (κ2) is 6.84. The van der Waals surface area contributed by atoms with Crippen LogP contribution in [0.15, 0.2) is 58.3 Å². The van der Waals surface area contributed by atoms with E-state index in [-0.39, 0.29) is 14.8 Å². The lowest BCUT2D eigenvalue weighted by atomic mass is 10.1. The van der Waals surface area contributed by atoms with Gasteiger partial charge in [0.05, 0.1) is 9.92 Å². The Morgan fingerprint density at radius 2 is 1.50 bits per heavy atom. The van der Waals surface area contributed by atoms with E-state index in [4.69, 9.17) is 11.6 Å². The molecule has 0 amide bonds. The van der Waals surface area contributed by atoms with Gasteiger partial charge in [0.1, 0.15) is 4.90 Å². The van der Waals surface area contributed by atoms with Crippen LogP contribution in [-0.4, -0.2) is 34.4 Å². The summed E-state index contributed by atoms with van der Waals surface area (Å²) >= 11 is 6.00. The molecule has 0 unspecified atom stereocenters. The molecule has 0 saturated carbocycles. The van der Waals surface area contributed by atoms with Gasteiger partial charge in [-0.05, 0) is 36.8 Å². The second-order valence-corrected chi connectivity index (χ2v) is 9.86. The highest BCUT2D eigenvalue weighted by molar-refractivity contribution is 7.90. The quantitative estimate of drug-likeness (QED) is 0.790. The van der Waals surface area contributed by atoms with Crippen LogP contribution in [0.1, 0.15) is 18.5 Å². The van der Waals surface area contributed by atoms with Crippen LogP contribution in [0.25, 0.3) is 0 Å². The molecule has 1 atom stereocenters. The Morgan fingerprint density at radius 1 is 0.958 bits per heavy atom. The minimum absolute atomic E-state index is 0.0359. The zero-order valence-corrected chi connectivity index (χ0v) is 15.9. The van der Waals surface area contributed by atoms with E-state index in [2.05, 4.69) is 0 Å². The Morgan fingerprint density at radius 3 is 2.00 bits per heavy atom. The first-order chi connectivity index (χ1) is 11.0. The first-order valence-corrected chi connectivity index (χ1v) is 10.8. The molecule has 0 N–H and O–H groups in total. The number of hydrogen-bond donors (Lipinski definition) is 0. The average Bonchev–Trinajstić information content (AvgIpc) is 2.53. The number of rotatable bonds is 5. The van der Waals surface area contributed by atoms with E-state index in [0.29, 0.717) is 5.56 Å². The molecule has 0 fully saturated rings. The van der Waals surface area contributed by atoms with Crippen molar-refractivity contribution in [3.05, 3.63) is 59.1 Å². The number of hydrogen-bond acceptors (Lipinski definition) is 4. The summed E-state index contributed by atoms with van der Waals surface area (Å²) < 4.78 is 49.7. The highest BCUT2D eigenvalue weighted by Crippen LogP contribution is 2.29. The van der Waals surface area contributed by atoms with Crippen molar-refractivity contribution in [3.8, 4) is 0 Å². The zero-order valence-electron chi connectivity index (χ0n) is 13.5. The highest BCUT2D eigenvalue weighted by atomic mass is 35.5. The summed E-state index contributed by atoms with van der Waals surface area (Å²) in [4.78, 5) is 0.226. The van der Waals surface area contributed by atoms with Crippen LogP contribution >= 0.6 is 11.6 Å². The number of sulfone groups is 1. The van der Waals surface area contributed by atoms with E-state index in [1.165, 1.54) is 35.6 Å². The summed E-state index contributed by atoms with van der Waals surface area (Å²) in [6.07, 6.45) is 1.12. The highest BCUT2D eigenvalue weighted by Gasteiger charge is 2.28. The fourth-order valence-electron chi connectivity index (χ4n) is 2.22. The van der Waals surface area contributed by atoms with Gasteiger partial charge < -0.3 is 0 Å². The Labute approximate surface area is 147 Å². The van der Waals surface area contributed by atoms with Gasteiger partial charge in [0.25, 0.3) is 0 Å². The zero-order chi connectivity index (χ0) is 18.1. The largest absolute Gasteiger partial charge is 0.244 e. The van der Waals surface area contributed by atoms with Crippen molar-refractivity contribution in [1.29, 1.82) is 0 Å². The Balaban J connectivity index is 2.36. The van der Waals surface area contributed by atoms with Crippen molar-refractivity contribution >= 4 is 31.5 Å². The smallest absolute Gasteiger partial charge is 0.224 e. The van der Waals surface area contributed by atoms with Gasteiger partial charge >= 0.3 is 0 Å². The molecule has 0 saturated heterocycles. The van der Waals surface area contributed by atoms with Gasteiger partial charge in [-0.1, -0.05) is 35.9 Å². The normalized spacial score (nSPS) is 13.9. The summed E-state index contributed by atoms with van der Waals surface area (Å²) in [6, 6.07) is 11.9. The Kier molecular flexibility index (Phi) is 5.39. The van der Waals surface area contributed by atoms with Crippen LogP contribution < -0.4 is 0 Å². The van der Waals surface area contributed by atoms with E-state index >= 15 is 0 Å². The van der Waals surface area contributed by atoms with Gasteiger partial charge in [-0.2, -0.15) is 4.31 Å². The van der Waals surface area contributed by atoms with Gasteiger partial charge in [0.2, 0.25) is 10.0 Å². The van der Waals surface area contributed by atoms with Gasteiger partial charge in [0.15, 0.2) is 9.84 Å². The summed E-state index contributed by atoms with van der Waals surface area (Å²) in [5.74, 6) is 0. The molecular formula is C16H18ClNO4S2. The fourth-order valence-corrected chi connectivity index (χ4v) is 4.69. The predicted octanol–water partition coefficient (Wildman–Crippen LogP) is 3.13. The molecular weight excluding hydrogens is 370 g/mol. The number of nitrogens with zero attached hydrogens (tertiary/aromatic N) is 1. The molecule has 130 valence electrons. The standard InChI is InChI=1S/C16H18ClNO4S2/c1-12(13-8-10-14(11-9-13)23(3,19)20)18(2)24(21,22)16-7-5-4-6-15(16)17/h4-12H,1-3H3/t12-/m0/s1. The number of sulfonamides is 1. The SMILES string of the molecule is C[C@@H](c1ccc(S(C)(=O)=O)cc1)N(C)S(=O)(=O)c1ccccc1Cl. The van der Waals surface area contributed by atoms with E-state index in [0.717, 1.165) is 6.26 Å². The molecule has 2 rings (SSSR count). The molecule has 0 bridgehead atoms. The molecule has 8 heteroatoms. The lowest BCUT2D eigenvalue weighted by molar-refractivity contribution is 0.398. The molecule has 0 aromatic heterocycles. The maximum atomic E-state index is 12.7. The van der Waals surface area contributed by atoms with Gasteiger partial charge in [-0.15, -0.1) is 0 Å². The maximum Gasteiger partial charge on any atom is 0.244 e. The van der Waals surface area contributed by atoms with Crippen molar-refractivity contribution in [2.24, 2.45) is 0 Å². The topological polar surface area (TPSA) is 71.5 Å².